The van der Waals surface area contributed by atoms with E-state index in [1.807, 2.05) is 0 Å². The zero-order valence-electron chi connectivity index (χ0n) is 16.6. The van der Waals surface area contributed by atoms with Crippen LogP contribution in [0.25, 0.3) is 11.2 Å². The van der Waals surface area contributed by atoms with Crippen LogP contribution in [0.1, 0.15) is 24.2 Å². The number of unbranched alkanes of at least 4 members (excludes halogenated alkanes) is 1. The summed E-state index contributed by atoms with van der Waals surface area (Å²) in [5.41, 5.74) is -0.170. The number of hydrogen-bond donors (Lipinski definition) is 3. The summed E-state index contributed by atoms with van der Waals surface area (Å²) in [6.07, 6.45) is 6.36. The van der Waals surface area contributed by atoms with Crippen molar-refractivity contribution in [3.05, 3.63) is 62.3 Å². The lowest BCUT2D eigenvalue weighted by Gasteiger charge is -2.10. The van der Waals surface area contributed by atoms with Crippen molar-refractivity contribution in [1.82, 2.24) is 19.1 Å². The van der Waals surface area contributed by atoms with Crippen molar-refractivity contribution >= 4 is 18.8 Å². The molecule has 0 saturated heterocycles. The third-order valence-electron chi connectivity index (χ3n) is 4.78. The second kappa shape index (κ2) is 9.43. The van der Waals surface area contributed by atoms with Gasteiger partial charge in [-0.25, -0.2) is 18.7 Å². The van der Waals surface area contributed by atoms with Crippen molar-refractivity contribution in [3.63, 3.8) is 0 Å². The fraction of sp³-hybridized carbons (Fsp3) is 0.350. The summed E-state index contributed by atoms with van der Waals surface area (Å²) in [6, 6.07) is 6.16. The highest BCUT2D eigenvalue weighted by Crippen LogP contribution is 2.35. The van der Waals surface area contributed by atoms with Crippen LogP contribution in [0.15, 0.2) is 33.9 Å². The molecule has 0 fully saturated rings. The molecule has 0 radical (unpaired) electrons. The molecular formula is C20H22FN4O5P. The highest BCUT2D eigenvalue weighted by Gasteiger charge is 2.18. The molecule has 3 aromatic rings. The summed E-state index contributed by atoms with van der Waals surface area (Å²) < 4.78 is 26.6. The molecule has 2 aromatic heterocycles. The smallest absolute Gasteiger partial charge is 0.333 e. The van der Waals surface area contributed by atoms with Crippen LogP contribution in [0.5, 0.6) is 0 Å². The number of aromatic amines is 1. The van der Waals surface area contributed by atoms with E-state index in [4.69, 9.17) is 16.2 Å². The minimum Gasteiger partial charge on any atom is -0.336 e. The van der Waals surface area contributed by atoms with E-state index in [1.54, 1.807) is 12.1 Å². The number of halogens is 1. The Balaban J connectivity index is 1.92. The van der Waals surface area contributed by atoms with Gasteiger partial charge >= 0.3 is 13.3 Å². The monoisotopic (exact) mass is 448 g/mol. The maximum atomic E-state index is 13.4. The molecule has 0 saturated carbocycles. The van der Waals surface area contributed by atoms with Crippen LogP contribution in [0, 0.1) is 18.2 Å². The fourth-order valence-corrected chi connectivity index (χ4v) is 3.94. The van der Waals surface area contributed by atoms with Crippen LogP contribution >= 0.6 is 7.60 Å². The molecule has 0 aliphatic heterocycles. The fourth-order valence-electron chi connectivity index (χ4n) is 3.31. The van der Waals surface area contributed by atoms with Crippen LogP contribution < -0.4 is 11.2 Å². The molecule has 11 heteroatoms. The number of imidazole rings is 1. The predicted octanol–water partition coefficient (Wildman–Crippen LogP) is 1.40. The number of H-pyrrole nitrogens is 1. The van der Waals surface area contributed by atoms with E-state index in [0.29, 0.717) is 25.1 Å². The van der Waals surface area contributed by atoms with Gasteiger partial charge in [-0.05, 0) is 37.0 Å². The molecule has 0 amide bonds. The lowest BCUT2D eigenvalue weighted by molar-refractivity contribution is 0.370. The van der Waals surface area contributed by atoms with E-state index in [0.717, 1.165) is 10.1 Å². The number of hydrogen-bond acceptors (Lipinski definition) is 4. The number of terminal acetylenes is 1. The van der Waals surface area contributed by atoms with Gasteiger partial charge in [0.05, 0.1) is 6.54 Å². The van der Waals surface area contributed by atoms with Gasteiger partial charge in [0.1, 0.15) is 17.2 Å². The lowest BCUT2D eigenvalue weighted by Crippen LogP contribution is -2.40. The second-order valence-electron chi connectivity index (χ2n) is 7.14. The van der Waals surface area contributed by atoms with E-state index in [-0.39, 0.29) is 42.7 Å². The Labute approximate surface area is 176 Å². The maximum Gasteiger partial charge on any atom is 0.333 e. The Bertz CT molecular complexity index is 1300. The van der Waals surface area contributed by atoms with E-state index in [9.17, 15) is 18.5 Å². The minimum absolute atomic E-state index is 0.119. The third kappa shape index (κ3) is 5.58. The molecule has 0 atom stereocenters. The van der Waals surface area contributed by atoms with Crippen molar-refractivity contribution in [2.24, 2.45) is 0 Å². The molecule has 0 aliphatic rings. The standard InChI is InChI=1S/C20H22FN4O5P/c1-2-10-25-19(26)17-18(24(20(25)27)11-3-4-12-31(28,29)30)23-16(22-17)9-8-14-6-5-7-15(21)13-14/h1,5-7,13H,3-4,8-12H2,(H,22,23)(H2,28,29,30). The van der Waals surface area contributed by atoms with Gasteiger partial charge in [0.15, 0.2) is 5.65 Å². The number of nitrogens with zero attached hydrogens (tertiary/aromatic N) is 3. The normalized spacial score (nSPS) is 11.7. The zero-order chi connectivity index (χ0) is 22.6. The molecule has 3 N–H and O–H groups in total. The molecule has 164 valence electrons. The van der Waals surface area contributed by atoms with Crippen LogP contribution in [0.2, 0.25) is 0 Å². The SMILES string of the molecule is C#CCn1c(=O)c2[nH]c(CCc3cccc(F)c3)nc2n(CCCCP(=O)(O)O)c1=O. The Kier molecular flexibility index (Phi) is 6.91. The predicted molar refractivity (Wildman–Crippen MR) is 113 cm³/mol. The van der Waals surface area contributed by atoms with E-state index < -0.39 is 18.8 Å². The number of fused-ring (bicyclic) bond motifs is 1. The first kappa shape index (κ1) is 22.7. The largest absolute Gasteiger partial charge is 0.336 e. The second-order valence-corrected chi connectivity index (χ2v) is 8.91. The summed E-state index contributed by atoms with van der Waals surface area (Å²) in [7, 11) is -4.13. The van der Waals surface area contributed by atoms with E-state index in [1.165, 1.54) is 16.7 Å². The van der Waals surface area contributed by atoms with Crippen molar-refractivity contribution in [2.75, 3.05) is 6.16 Å². The maximum absolute atomic E-state index is 13.4. The first-order valence-electron chi connectivity index (χ1n) is 9.64. The molecule has 2 heterocycles. The van der Waals surface area contributed by atoms with Gasteiger partial charge in [-0.1, -0.05) is 18.1 Å². The molecular weight excluding hydrogens is 426 g/mol. The first-order chi connectivity index (χ1) is 14.7. The summed E-state index contributed by atoms with van der Waals surface area (Å²) in [5.74, 6) is 2.39. The first-order valence-corrected chi connectivity index (χ1v) is 11.4. The van der Waals surface area contributed by atoms with Crippen LogP contribution in [0.3, 0.4) is 0 Å². The average Bonchev–Trinajstić information content (AvgIpc) is 3.12. The highest BCUT2D eigenvalue weighted by atomic mass is 31.2. The molecule has 0 spiro atoms. The topological polar surface area (TPSA) is 130 Å². The van der Waals surface area contributed by atoms with Crippen LogP contribution in [-0.4, -0.2) is 35.1 Å². The molecule has 0 aliphatic carbocycles. The van der Waals surface area contributed by atoms with Gasteiger partial charge < -0.3 is 14.8 Å². The van der Waals surface area contributed by atoms with Gasteiger partial charge in [-0.2, -0.15) is 0 Å². The van der Waals surface area contributed by atoms with Crippen LogP contribution in [-0.2, 0) is 30.5 Å². The van der Waals surface area contributed by atoms with Crippen molar-refractivity contribution in [1.29, 1.82) is 0 Å². The third-order valence-corrected chi connectivity index (χ3v) is 5.68. The molecule has 0 unspecified atom stereocenters. The molecule has 3 rings (SSSR count). The molecule has 0 bridgehead atoms. The van der Waals surface area contributed by atoms with E-state index in [2.05, 4.69) is 15.9 Å². The summed E-state index contributed by atoms with van der Waals surface area (Å²) >= 11 is 0. The Morgan fingerprint density at radius 1 is 1.19 bits per heavy atom. The van der Waals surface area contributed by atoms with Gasteiger partial charge in [0, 0.05) is 19.1 Å². The summed E-state index contributed by atoms with van der Waals surface area (Å²) in [4.78, 5) is 50.8. The number of aryl methyl sites for hydroxylation is 3. The molecule has 1 aromatic carbocycles. The zero-order valence-corrected chi connectivity index (χ0v) is 17.5. The van der Waals surface area contributed by atoms with Gasteiger partial charge in [-0.15, -0.1) is 6.42 Å². The average molecular weight is 448 g/mol. The summed E-state index contributed by atoms with van der Waals surface area (Å²) in [6.45, 7) is -0.0951. The van der Waals surface area contributed by atoms with Gasteiger partial charge in [-0.3, -0.25) is 13.9 Å². The number of benzene rings is 1. The van der Waals surface area contributed by atoms with Crippen molar-refractivity contribution in [3.8, 4) is 12.3 Å². The van der Waals surface area contributed by atoms with Crippen LogP contribution in [0.4, 0.5) is 4.39 Å². The highest BCUT2D eigenvalue weighted by molar-refractivity contribution is 7.51. The Morgan fingerprint density at radius 2 is 1.97 bits per heavy atom. The Hall–Kier alpha value is -2.99. The molecule has 9 nitrogen and oxygen atoms in total. The van der Waals surface area contributed by atoms with Crippen molar-refractivity contribution in [2.45, 2.75) is 38.8 Å². The quantitative estimate of drug-likeness (QED) is 0.258. The number of nitrogens with one attached hydrogen (secondary N) is 1. The number of aromatic nitrogens is 4. The summed E-state index contributed by atoms with van der Waals surface area (Å²) in [5, 5.41) is 0. The van der Waals surface area contributed by atoms with Gasteiger partial charge in [0.25, 0.3) is 5.56 Å². The van der Waals surface area contributed by atoms with Gasteiger partial charge in [0.2, 0.25) is 0 Å². The molecule has 31 heavy (non-hydrogen) atoms. The Morgan fingerprint density at radius 3 is 2.65 bits per heavy atom. The lowest BCUT2D eigenvalue weighted by atomic mass is 10.1. The minimum atomic E-state index is -4.13. The van der Waals surface area contributed by atoms with E-state index >= 15 is 0 Å². The van der Waals surface area contributed by atoms with Crippen molar-refractivity contribution < 1.29 is 18.7 Å². The number of rotatable bonds is 9.